The second-order valence-corrected chi connectivity index (χ2v) is 6.27. The first-order valence-electron chi connectivity index (χ1n) is 6.34. The van der Waals surface area contributed by atoms with Crippen molar-refractivity contribution in [2.24, 2.45) is 5.14 Å². The zero-order valence-corrected chi connectivity index (χ0v) is 11.6. The summed E-state index contributed by atoms with van der Waals surface area (Å²) < 4.78 is 23.2. The summed E-state index contributed by atoms with van der Waals surface area (Å²) in [5, 5.41) is 14.4. The number of nitrogens with zero attached hydrogens (tertiary/aromatic N) is 1. The minimum absolute atomic E-state index is 0.118. The highest BCUT2D eigenvalue weighted by Crippen LogP contribution is 2.21. The van der Waals surface area contributed by atoms with E-state index >= 15 is 0 Å². The van der Waals surface area contributed by atoms with Gasteiger partial charge in [-0.2, -0.15) is 5.10 Å². The van der Waals surface area contributed by atoms with Crippen LogP contribution in [0.2, 0.25) is 0 Å². The summed E-state index contributed by atoms with van der Waals surface area (Å²) in [6.45, 7) is 1.90. The van der Waals surface area contributed by atoms with Gasteiger partial charge in [0.05, 0.1) is 5.69 Å². The summed E-state index contributed by atoms with van der Waals surface area (Å²) in [5.74, 6) is -0.479. The van der Waals surface area contributed by atoms with E-state index in [2.05, 4.69) is 15.5 Å². The van der Waals surface area contributed by atoms with Crippen LogP contribution in [0.15, 0.2) is 4.90 Å². The topological polar surface area (TPSA) is 118 Å². The van der Waals surface area contributed by atoms with Crippen molar-refractivity contribution < 1.29 is 13.2 Å². The molecule has 7 nitrogen and oxygen atoms in total. The summed E-state index contributed by atoms with van der Waals surface area (Å²) >= 11 is 0. The maximum atomic E-state index is 12.0. The van der Waals surface area contributed by atoms with E-state index in [0.29, 0.717) is 12.1 Å². The van der Waals surface area contributed by atoms with Gasteiger partial charge in [-0.05, 0) is 25.7 Å². The molecule has 0 saturated heterocycles. The van der Waals surface area contributed by atoms with Gasteiger partial charge in [0.15, 0.2) is 5.69 Å². The van der Waals surface area contributed by atoms with Crippen molar-refractivity contribution >= 4 is 15.9 Å². The van der Waals surface area contributed by atoms with E-state index in [-0.39, 0.29) is 16.6 Å². The second kappa shape index (κ2) is 5.30. The Morgan fingerprint density at radius 1 is 1.53 bits per heavy atom. The van der Waals surface area contributed by atoms with Gasteiger partial charge in [-0.1, -0.05) is 13.3 Å². The summed E-state index contributed by atoms with van der Waals surface area (Å²) in [6, 6.07) is 0.118. The number of amides is 1. The summed E-state index contributed by atoms with van der Waals surface area (Å²) in [5.41, 5.74) is 0.265. The monoisotopic (exact) mass is 286 g/mol. The number of rotatable bonds is 5. The largest absolute Gasteiger partial charge is 0.348 e. The van der Waals surface area contributed by atoms with Crippen LogP contribution < -0.4 is 10.5 Å². The van der Waals surface area contributed by atoms with E-state index in [1.807, 2.05) is 6.92 Å². The minimum atomic E-state index is -3.97. The molecule has 1 fully saturated rings. The van der Waals surface area contributed by atoms with Crippen LogP contribution in [0.4, 0.5) is 0 Å². The average molecular weight is 286 g/mol. The fourth-order valence-corrected chi connectivity index (χ4v) is 2.95. The lowest BCUT2D eigenvalue weighted by molar-refractivity contribution is 0.0908. The van der Waals surface area contributed by atoms with Gasteiger partial charge in [0.1, 0.15) is 4.90 Å². The van der Waals surface area contributed by atoms with Gasteiger partial charge in [0.25, 0.3) is 5.91 Å². The molecule has 0 unspecified atom stereocenters. The molecule has 1 aliphatic rings. The number of nitrogens with one attached hydrogen (secondary N) is 2. The van der Waals surface area contributed by atoms with Gasteiger partial charge < -0.3 is 5.32 Å². The average Bonchev–Trinajstić information content (AvgIpc) is 2.67. The molecule has 1 aromatic heterocycles. The molecule has 1 heterocycles. The van der Waals surface area contributed by atoms with Gasteiger partial charge in [-0.25, -0.2) is 13.6 Å². The third-order valence-corrected chi connectivity index (χ3v) is 4.24. The fraction of sp³-hybridized carbons (Fsp3) is 0.636. The third-order valence-electron chi connectivity index (χ3n) is 3.23. The maximum absolute atomic E-state index is 12.0. The Hall–Kier alpha value is -1.41. The highest BCUT2D eigenvalue weighted by molar-refractivity contribution is 7.89. The van der Waals surface area contributed by atoms with Crippen LogP contribution in [-0.4, -0.2) is 30.6 Å². The van der Waals surface area contributed by atoms with Crippen molar-refractivity contribution in [2.45, 2.75) is 50.0 Å². The first-order valence-corrected chi connectivity index (χ1v) is 7.89. The third kappa shape index (κ3) is 2.95. The Balaban J connectivity index is 2.31. The quantitative estimate of drug-likeness (QED) is 0.721. The molecule has 4 N–H and O–H groups in total. The van der Waals surface area contributed by atoms with Gasteiger partial charge in [0.2, 0.25) is 10.0 Å². The highest BCUT2D eigenvalue weighted by Gasteiger charge is 2.29. The molecule has 0 bridgehead atoms. The van der Waals surface area contributed by atoms with Gasteiger partial charge in [-0.3, -0.25) is 9.89 Å². The van der Waals surface area contributed by atoms with Crippen LogP contribution in [0.3, 0.4) is 0 Å². The molecule has 0 radical (unpaired) electrons. The fourth-order valence-electron chi connectivity index (χ4n) is 2.05. The number of aromatic amines is 1. The normalized spacial score (nSPS) is 16.1. The summed E-state index contributed by atoms with van der Waals surface area (Å²) in [4.78, 5) is 11.8. The van der Waals surface area contributed by atoms with Crippen molar-refractivity contribution in [3.63, 3.8) is 0 Å². The van der Waals surface area contributed by atoms with E-state index in [9.17, 15) is 13.2 Å². The van der Waals surface area contributed by atoms with Gasteiger partial charge in [-0.15, -0.1) is 0 Å². The van der Waals surface area contributed by atoms with Crippen LogP contribution in [0, 0.1) is 0 Å². The predicted octanol–water partition coefficient (Wildman–Crippen LogP) is 0.292. The van der Waals surface area contributed by atoms with Crippen molar-refractivity contribution in [3.8, 4) is 0 Å². The predicted molar refractivity (Wildman–Crippen MR) is 69.1 cm³/mol. The van der Waals surface area contributed by atoms with Crippen LogP contribution in [-0.2, 0) is 16.4 Å². The Morgan fingerprint density at radius 3 is 2.68 bits per heavy atom. The number of aromatic nitrogens is 2. The summed E-state index contributed by atoms with van der Waals surface area (Å²) in [7, 11) is -3.97. The smallest absolute Gasteiger partial charge is 0.273 e. The minimum Gasteiger partial charge on any atom is -0.348 e. The molecule has 0 spiro atoms. The molecule has 19 heavy (non-hydrogen) atoms. The van der Waals surface area contributed by atoms with Crippen molar-refractivity contribution in [1.29, 1.82) is 0 Å². The van der Waals surface area contributed by atoms with Crippen LogP contribution >= 0.6 is 0 Å². The molecule has 0 aromatic carbocycles. The number of H-pyrrole nitrogens is 1. The molecule has 1 saturated carbocycles. The first-order chi connectivity index (χ1) is 8.93. The lowest BCUT2D eigenvalue weighted by Crippen LogP contribution is -2.40. The lowest BCUT2D eigenvalue weighted by atomic mass is 9.93. The zero-order valence-electron chi connectivity index (χ0n) is 10.8. The number of aryl methyl sites for hydroxylation is 1. The van der Waals surface area contributed by atoms with Gasteiger partial charge in [0, 0.05) is 6.04 Å². The number of hydrogen-bond donors (Lipinski definition) is 3. The number of nitrogens with two attached hydrogens (primary N) is 1. The van der Waals surface area contributed by atoms with E-state index < -0.39 is 15.9 Å². The molecule has 0 aliphatic heterocycles. The van der Waals surface area contributed by atoms with E-state index in [0.717, 1.165) is 25.7 Å². The summed E-state index contributed by atoms with van der Waals surface area (Å²) in [6.07, 6.45) is 4.13. The van der Waals surface area contributed by atoms with Crippen LogP contribution in [0.25, 0.3) is 0 Å². The number of sulfonamides is 1. The second-order valence-electron chi connectivity index (χ2n) is 4.78. The zero-order chi connectivity index (χ0) is 14.0. The molecule has 1 aromatic rings. The Morgan fingerprint density at radius 2 is 2.21 bits per heavy atom. The number of carbonyl (C=O) groups excluding carboxylic acids is 1. The van der Waals surface area contributed by atoms with Crippen LogP contribution in [0.5, 0.6) is 0 Å². The number of primary sulfonamides is 1. The number of carbonyl (C=O) groups is 1. The Labute approximate surface area is 112 Å². The molecular formula is C11H18N4O3S. The van der Waals surface area contributed by atoms with E-state index in [1.165, 1.54) is 0 Å². The number of hydrogen-bond acceptors (Lipinski definition) is 4. The molecule has 2 rings (SSSR count). The Kier molecular flexibility index (Phi) is 3.91. The highest BCUT2D eigenvalue weighted by atomic mass is 32.2. The Bertz CT molecular complexity index is 575. The van der Waals surface area contributed by atoms with E-state index in [1.54, 1.807) is 0 Å². The van der Waals surface area contributed by atoms with Crippen LogP contribution in [0.1, 0.15) is 48.8 Å². The molecule has 0 atom stereocenters. The molecule has 8 heteroatoms. The van der Waals surface area contributed by atoms with Crippen molar-refractivity contribution in [1.82, 2.24) is 15.5 Å². The molecule has 1 amide bonds. The first kappa shape index (κ1) is 14.0. The maximum Gasteiger partial charge on any atom is 0.273 e. The molecule has 106 valence electrons. The van der Waals surface area contributed by atoms with Crippen molar-refractivity contribution in [3.05, 3.63) is 11.4 Å². The standard InChI is InChI=1S/C11H18N4O3S/c1-2-4-8-10(19(12,17)18)9(15-14-8)11(16)13-7-5-3-6-7/h7H,2-6H2,1H3,(H,13,16)(H,14,15)(H2,12,17,18). The lowest BCUT2D eigenvalue weighted by Gasteiger charge is -2.25. The molecular weight excluding hydrogens is 268 g/mol. The SMILES string of the molecule is CCCc1[nH]nc(C(=O)NC2CCC2)c1S(N)(=O)=O. The molecule has 1 aliphatic carbocycles. The van der Waals surface area contributed by atoms with Gasteiger partial charge >= 0.3 is 0 Å². The van der Waals surface area contributed by atoms with Crippen molar-refractivity contribution in [2.75, 3.05) is 0 Å². The van der Waals surface area contributed by atoms with E-state index in [4.69, 9.17) is 5.14 Å².